The zero-order chi connectivity index (χ0) is 14.9. The molecule has 0 atom stereocenters. The first-order valence-corrected chi connectivity index (χ1v) is 8.04. The van der Waals surface area contributed by atoms with Gasteiger partial charge >= 0.3 is 5.97 Å². The maximum Gasteiger partial charge on any atom is 0.329 e. The molecule has 0 aliphatic heterocycles. The van der Waals surface area contributed by atoms with E-state index in [-0.39, 0.29) is 11.7 Å². The first-order chi connectivity index (χ1) is 10.1. The number of carboxylic acids is 1. The zero-order valence-corrected chi connectivity index (χ0v) is 12.3. The Morgan fingerprint density at radius 2 is 2.10 bits per heavy atom. The van der Waals surface area contributed by atoms with E-state index in [1.807, 2.05) is 0 Å². The Labute approximate surface area is 125 Å². The van der Waals surface area contributed by atoms with Crippen molar-refractivity contribution >= 4 is 23.6 Å². The zero-order valence-electron chi connectivity index (χ0n) is 11.5. The van der Waals surface area contributed by atoms with Gasteiger partial charge in [0.2, 0.25) is 11.1 Å². The summed E-state index contributed by atoms with van der Waals surface area (Å²) >= 11 is 1.25. The number of amides is 1. The van der Waals surface area contributed by atoms with Crippen LogP contribution in [0, 0.1) is 0 Å². The highest BCUT2D eigenvalue weighted by Crippen LogP contribution is 2.36. The van der Waals surface area contributed by atoms with Crippen molar-refractivity contribution in [2.24, 2.45) is 0 Å². The lowest BCUT2D eigenvalue weighted by atomic mass is 9.98. The molecule has 2 saturated carbocycles. The Kier molecular flexibility index (Phi) is 3.83. The van der Waals surface area contributed by atoms with Crippen LogP contribution in [0.15, 0.2) is 5.16 Å². The van der Waals surface area contributed by atoms with E-state index in [4.69, 9.17) is 0 Å². The van der Waals surface area contributed by atoms with Gasteiger partial charge in [-0.05, 0) is 36.1 Å². The van der Waals surface area contributed by atoms with Gasteiger partial charge in [-0.1, -0.05) is 24.6 Å². The van der Waals surface area contributed by atoms with Crippen LogP contribution >= 0.6 is 11.8 Å². The van der Waals surface area contributed by atoms with Crippen LogP contribution in [0.5, 0.6) is 0 Å². The summed E-state index contributed by atoms with van der Waals surface area (Å²) in [5.74, 6) is -1.10. The Morgan fingerprint density at radius 1 is 1.38 bits per heavy atom. The van der Waals surface area contributed by atoms with Gasteiger partial charge in [0.15, 0.2) is 0 Å². The Morgan fingerprint density at radius 3 is 2.71 bits per heavy atom. The number of aromatic nitrogens is 4. The van der Waals surface area contributed by atoms with Gasteiger partial charge in [-0.2, -0.15) is 0 Å². The number of aliphatic carboxylic acids is 1. The number of rotatable bonds is 6. The van der Waals surface area contributed by atoms with Gasteiger partial charge in [-0.3, -0.25) is 4.79 Å². The number of hydrogen-bond acceptors (Lipinski definition) is 6. The fourth-order valence-corrected chi connectivity index (χ4v) is 3.38. The minimum Gasteiger partial charge on any atom is -0.480 e. The molecule has 8 nitrogen and oxygen atoms in total. The molecule has 0 radical (unpaired) electrons. The number of tetrazole rings is 1. The molecule has 1 aromatic heterocycles. The van der Waals surface area contributed by atoms with E-state index in [2.05, 4.69) is 20.8 Å². The summed E-state index contributed by atoms with van der Waals surface area (Å²) in [5, 5.41) is 24.1. The second-order valence-corrected chi connectivity index (χ2v) is 6.51. The van der Waals surface area contributed by atoms with Gasteiger partial charge in [0.1, 0.15) is 5.54 Å². The van der Waals surface area contributed by atoms with E-state index in [0.29, 0.717) is 24.0 Å². The molecule has 9 heteroatoms. The molecule has 21 heavy (non-hydrogen) atoms. The van der Waals surface area contributed by atoms with Crippen LogP contribution in [0.25, 0.3) is 0 Å². The number of carbonyl (C=O) groups excluding carboxylic acids is 1. The van der Waals surface area contributed by atoms with Crippen molar-refractivity contribution in [3.63, 3.8) is 0 Å². The molecule has 114 valence electrons. The number of carbonyl (C=O) groups is 2. The van der Waals surface area contributed by atoms with Crippen molar-refractivity contribution in [2.45, 2.75) is 55.3 Å². The summed E-state index contributed by atoms with van der Waals surface area (Å²) < 4.78 is 1.74. The molecule has 2 aliphatic rings. The molecule has 3 rings (SSSR count). The van der Waals surface area contributed by atoms with Gasteiger partial charge in [0, 0.05) is 0 Å². The van der Waals surface area contributed by atoms with E-state index < -0.39 is 11.5 Å². The predicted molar refractivity (Wildman–Crippen MR) is 73.8 cm³/mol. The second-order valence-electron chi connectivity index (χ2n) is 5.57. The van der Waals surface area contributed by atoms with Crippen molar-refractivity contribution in [3.05, 3.63) is 0 Å². The summed E-state index contributed by atoms with van der Waals surface area (Å²) in [6.45, 7) is 0. The van der Waals surface area contributed by atoms with Crippen LogP contribution in [0.3, 0.4) is 0 Å². The average molecular weight is 311 g/mol. The standard InChI is InChI=1S/C12H17N5O3S/c18-9(13-12(10(19)20)5-1-2-6-12)7-21-11-14-15-16-17(11)8-3-4-8/h8H,1-7H2,(H,13,18)(H,19,20). The van der Waals surface area contributed by atoms with Crippen LogP contribution in [-0.2, 0) is 9.59 Å². The molecular formula is C12H17N5O3S. The van der Waals surface area contributed by atoms with E-state index in [1.165, 1.54) is 11.8 Å². The Balaban J connectivity index is 1.56. The van der Waals surface area contributed by atoms with Crippen molar-refractivity contribution in [2.75, 3.05) is 5.75 Å². The average Bonchev–Trinajstić information content (AvgIpc) is 3.00. The first-order valence-electron chi connectivity index (χ1n) is 7.06. The fraction of sp³-hybridized carbons (Fsp3) is 0.750. The quantitative estimate of drug-likeness (QED) is 0.741. The topological polar surface area (TPSA) is 110 Å². The third-order valence-corrected chi connectivity index (χ3v) is 4.87. The smallest absolute Gasteiger partial charge is 0.329 e. The number of hydrogen-bond donors (Lipinski definition) is 2. The molecule has 0 aromatic carbocycles. The number of carboxylic acid groups (broad SMARTS) is 1. The third-order valence-electron chi connectivity index (χ3n) is 3.93. The van der Waals surface area contributed by atoms with Crippen LogP contribution in [0.1, 0.15) is 44.6 Å². The highest BCUT2D eigenvalue weighted by atomic mass is 32.2. The molecule has 1 heterocycles. The molecule has 1 aromatic rings. The SMILES string of the molecule is O=C(CSc1nnnn1C1CC1)NC1(C(=O)O)CCCC1. The Bertz CT molecular complexity index is 551. The minimum absolute atomic E-state index is 0.127. The maximum absolute atomic E-state index is 12.0. The van der Waals surface area contributed by atoms with Gasteiger partial charge in [-0.15, -0.1) is 5.10 Å². The normalized spacial score (nSPS) is 20.4. The number of nitrogens with one attached hydrogen (secondary N) is 1. The van der Waals surface area contributed by atoms with Gasteiger partial charge < -0.3 is 10.4 Å². The number of thioether (sulfide) groups is 1. The van der Waals surface area contributed by atoms with E-state index >= 15 is 0 Å². The van der Waals surface area contributed by atoms with E-state index in [0.717, 1.165) is 25.7 Å². The molecule has 0 unspecified atom stereocenters. The third kappa shape index (κ3) is 3.02. The lowest BCUT2D eigenvalue weighted by Gasteiger charge is -2.25. The van der Waals surface area contributed by atoms with Crippen molar-refractivity contribution in [3.8, 4) is 0 Å². The molecule has 1 amide bonds. The summed E-state index contributed by atoms with van der Waals surface area (Å²) in [7, 11) is 0. The second kappa shape index (κ2) is 5.63. The molecule has 0 saturated heterocycles. The molecule has 2 N–H and O–H groups in total. The summed E-state index contributed by atoms with van der Waals surface area (Å²) in [6, 6.07) is 0.353. The summed E-state index contributed by atoms with van der Waals surface area (Å²) in [4.78, 5) is 23.4. The van der Waals surface area contributed by atoms with Gasteiger partial charge in [0.05, 0.1) is 11.8 Å². The Hall–Kier alpha value is -1.64. The van der Waals surface area contributed by atoms with E-state index in [9.17, 15) is 14.7 Å². The van der Waals surface area contributed by atoms with Crippen LogP contribution in [0.4, 0.5) is 0 Å². The summed E-state index contributed by atoms with van der Waals surface area (Å²) in [6.07, 6.45) is 4.79. The maximum atomic E-state index is 12.0. The molecule has 2 fully saturated rings. The van der Waals surface area contributed by atoms with Crippen LogP contribution < -0.4 is 5.32 Å². The minimum atomic E-state index is -1.08. The molecule has 0 bridgehead atoms. The van der Waals surface area contributed by atoms with E-state index in [1.54, 1.807) is 4.68 Å². The van der Waals surface area contributed by atoms with Crippen molar-refractivity contribution in [1.82, 2.24) is 25.5 Å². The highest BCUT2D eigenvalue weighted by molar-refractivity contribution is 7.99. The van der Waals surface area contributed by atoms with Crippen molar-refractivity contribution in [1.29, 1.82) is 0 Å². The van der Waals surface area contributed by atoms with Gasteiger partial charge in [-0.25, -0.2) is 9.48 Å². The van der Waals surface area contributed by atoms with Crippen LogP contribution in [-0.4, -0.2) is 48.5 Å². The molecule has 2 aliphatic carbocycles. The first kappa shape index (κ1) is 14.3. The molecular weight excluding hydrogens is 294 g/mol. The lowest BCUT2D eigenvalue weighted by molar-refractivity contribution is -0.147. The van der Waals surface area contributed by atoms with Crippen LogP contribution in [0.2, 0.25) is 0 Å². The highest BCUT2D eigenvalue weighted by Gasteiger charge is 2.42. The lowest BCUT2D eigenvalue weighted by Crippen LogP contribution is -2.53. The monoisotopic (exact) mass is 311 g/mol. The predicted octanol–water partition coefficient (Wildman–Crippen LogP) is 0.614. The fourth-order valence-electron chi connectivity index (χ4n) is 2.63. The summed E-state index contributed by atoms with van der Waals surface area (Å²) in [5.41, 5.74) is -1.08. The van der Waals surface area contributed by atoms with Gasteiger partial charge in [0.25, 0.3) is 0 Å². The number of nitrogens with zero attached hydrogens (tertiary/aromatic N) is 4. The van der Waals surface area contributed by atoms with Crippen molar-refractivity contribution < 1.29 is 14.7 Å². The largest absolute Gasteiger partial charge is 0.480 e. The molecule has 0 spiro atoms.